The van der Waals surface area contributed by atoms with Gasteiger partial charge in [-0.1, -0.05) is 0 Å². The first-order valence-electron chi connectivity index (χ1n) is 4.23. The largest absolute Gasteiger partial charge is 0.491 e. The minimum absolute atomic E-state index is 0.129. The lowest BCUT2D eigenvalue weighted by Gasteiger charge is -2.04. The fraction of sp³-hybridized carbons (Fsp3) is 0.300. The number of halogens is 1. The average Bonchev–Trinajstić information content (AvgIpc) is 2.97. The van der Waals surface area contributed by atoms with Crippen molar-refractivity contribution < 1.29 is 13.9 Å². The topological polar surface area (TPSA) is 45.5 Å². The highest BCUT2D eigenvalue weighted by molar-refractivity contribution is 5.37. The fourth-order valence-corrected chi connectivity index (χ4v) is 1.06. The highest BCUT2D eigenvalue weighted by atomic mass is 19.1. The Morgan fingerprint density at radius 3 is 3.00 bits per heavy atom. The van der Waals surface area contributed by atoms with E-state index in [2.05, 4.69) is 0 Å². The molecule has 1 aromatic rings. The van der Waals surface area contributed by atoms with Crippen LogP contribution in [0.5, 0.6) is 5.75 Å². The van der Waals surface area contributed by atoms with E-state index >= 15 is 0 Å². The molecule has 3 nitrogen and oxygen atoms in total. The predicted octanol–water partition coefficient (Wildman–Crippen LogP) is 1.47. The second-order valence-electron chi connectivity index (χ2n) is 3.05. The van der Waals surface area contributed by atoms with Crippen LogP contribution in [-0.4, -0.2) is 19.3 Å². The number of ether oxygens (including phenoxy) is 2. The summed E-state index contributed by atoms with van der Waals surface area (Å²) < 4.78 is 23.1. The summed E-state index contributed by atoms with van der Waals surface area (Å²) in [5, 5.41) is 8.58. The van der Waals surface area contributed by atoms with Gasteiger partial charge in [0.2, 0.25) is 0 Å². The third-order valence-corrected chi connectivity index (χ3v) is 1.84. The third kappa shape index (κ3) is 2.21. The zero-order chi connectivity index (χ0) is 9.97. The summed E-state index contributed by atoms with van der Waals surface area (Å²) in [6, 6.07) is 5.79. The van der Waals surface area contributed by atoms with Crippen LogP contribution in [0.2, 0.25) is 0 Å². The minimum atomic E-state index is -0.462. The zero-order valence-electron chi connectivity index (χ0n) is 7.37. The van der Waals surface area contributed by atoms with Crippen molar-refractivity contribution >= 4 is 0 Å². The Kier molecular flexibility index (Phi) is 2.33. The highest BCUT2D eigenvalue weighted by Crippen LogP contribution is 2.18. The van der Waals surface area contributed by atoms with Crippen molar-refractivity contribution in [2.45, 2.75) is 6.10 Å². The normalized spacial score (nSPS) is 18.7. The summed E-state index contributed by atoms with van der Waals surface area (Å²) >= 11 is 0. The van der Waals surface area contributed by atoms with E-state index in [0.29, 0.717) is 19.0 Å². The molecule has 0 N–H and O–H groups in total. The molecule has 0 aromatic heterocycles. The van der Waals surface area contributed by atoms with Crippen LogP contribution in [-0.2, 0) is 4.74 Å². The van der Waals surface area contributed by atoms with Crippen LogP contribution in [0.4, 0.5) is 4.39 Å². The van der Waals surface area contributed by atoms with E-state index in [1.807, 2.05) is 6.07 Å². The second-order valence-corrected chi connectivity index (χ2v) is 3.05. The summed E-state index contributed by atoms with van der Waals surface area (Å²) in [7, 11) is 0. The maximum absolute atomic E-state index is 12.9. The number of rotatable bonds is 3. The van der Waals surface area contributed by atoms with Crippen molar-refractivity contribution in [2.24, 2.45) is 0 Å². The average molecular weight is 193 g/mol. The quantitative estimate of drug-likeness (QED) is 0.683. The second kappa shape index (κ2) is 3.64. The molecular formula is C10H8FNO2. The SMILES string of the molecule is N#Cc1cc(F)cc(OC[C@@H]2CO2)c1. The Balaban J connectivity index is 2.07. The van der Waals surface area contributed by atoms with E-state index in [4.69, 9.17) is 14.7 Å². The lowest BCUT2D eigenvalue weighted by Crippen LogP contribution is -2.04. The van der Waals surface area contributed by atoms with E-state index in [1.54, 1.807) is 0 Å². The van der Waals surface area contributed by atoms with Crippen molar-refractivity contribution in [3.63, 3.8) is 0 Å². The fourth-order valence-electron chi connectivity index (χ4n) is 1.06. The van der Waals surface area contributed by atoms with Gasteiger partial charge in [0.05, 0.1) is 18.2 Å². The predicted molar refractivity (Wildman–Crippen MR) is 46.4 cm³/mol. The summed E-state index contributed by atoms with van der Waals surface area (Å²) in [6.45, 7) is 1.11. The van der Waals surface area contributed by atoms with Gasteiger partial charge >= 0.3 is 0 Å². The maximum Gasteiger partial charge on any atom is 0.128 e. The van der Waals surface area contributed by atoms with Gasteiger partial charge in [0.1, 0.15) is 24.3 Å². The Morgan fingerprint density at radius 2 is 2.36 bits per heavy atom. The van der Waals surface area contributed by atoms with Gasteiger partial charge in [-0.15, -0.1) is 0 Å². The molecule has 0 saturated carbocycles. The van der Waals surface area contributed by atoms with Crippen molar-refractivity contribution in [1.29, 1.82) is 5.26 Å². The first kappa shape index (κ1) is 8.97. The molecule has 1 saturated heterocycles. The third-order valence-electron chi connectivity index (χ3n) is 1.84. The smallest absolute Gasteiger partial charge is 0.128 e. The van der Waals surface area contributed by atoms with Gasteiger partial charge in [-0.25, -0.2) is 4.39 Å². The molecule has 72 valence electrons. The van der Waals surface area contributed by atoms with Crippen LogP contribution in [0.15, 0.2) is 18.2 Å². The van der Waals surface area contributed by atoms with Gasteiger partial charge < -0.3 is 9.47 Å². The zero-order valence-corrected chi connectivity index (χ0v) is 7.37. The Bertz CT molecular complexity index is 382. The van der Waals surface area contributed by atoms with Crippen LogP contribution >= 0.6 is 0 Å². The van der Waals surface area contributed by atoms with Gasteiger partial charge in [-0.05, 0) is 12.1 Å². The number of hydrogen-bond acceptors (Lipinski definition) is 3. The van der Waals surface area contributed by atoms with Crippen molar-refractivity contribution in [3.05, 3.63) is 29.6 Å². The Labute approximate surface area is 80.7 Å². The van der Waals surface area contributed by atoms with Gasteiger partial charge in [0.15, 0.2) is 0 Å². The molecule has 0 spiro atoms. The van der Waals surface area contributed by atoms with Crippen LogP contribution in [0.1, 0.15) is 5.56 Å². The number of benzene rings is 1. The number of nitriles is 1. The molecule has 1 aliphatic rings. The van der Waals surface area contributed by atoms with E-state index < -0.39 is 5.82 Å². The molecule has 14 heavy (non-hydrogen) atoms. The molecule has 1 atom stereocenters. The lowest BCUT2D eigenvalue weighted by molar-refractivity contribution is 0.262. The first-order valence-corrected chi connectivity index (χ1v) is 4.23. The van der Waals surface area contributed by atoms with Crippen LogP contribution in [0.25, 0.3) is 0 Å². The van der Waals surface area contributed by atoms with Crippen LogP contribution in [0, 0.1) is 17.1 Å². The summed E-state index contributed by atoms with van der Waals surface area (Å²) in [5.41, 5.74) is 0.261. The molecule has 1 aliphatic heterocycles. The molecule has 2 rings (SSSR count). The summed E-state index contributed by atoms with van der Waals surface area (Å²) in [5.74, 6) is -0.0900. The van der Waals surface area contributed by atoms with Crippen molar-refractivity contribution in [3.8, 4) is 11.8 Å². The molecule has 1 fully saturated rings. The van der Waals surface area contributed by atoms with Gasteiger partial charge in [0.25, 0.3) is 0 Å². The molecule has 0 radical (unpaired) electrons. The van der Waals surface area contributed by atoms with E-state index in [9.17, 15) is 4.39 Å². The highest BCUT2D eigenvalue weighted by Gasteiger charge is 2.23. The molecular weight excluding hydrogens is 185 g/mol. The molecule has 0 amide bonds. The standard InChI is InChI=1S/C10H8FNO2/c11-8-1-7(4-12)2-9(3-8)13-5-10-6-14-10/h1-3,10H,5-6H2/t10-/m1/s1. The van der Waals surface area contributed by atoms with Gasteiger partial charge in [0, 0.05) is 6.07 Å². The molecule has 0 unspecified atom stereocenters. The Morgan fingerprint density at radius 1 is 1.57 bits per heavy atom. The monoisotopic (exact) mass is 193 g/mol. The number of nitrogens with zero attached hydrogens (tertiary/aromatic N) is 1. The van der Waals surface area contributed by atoms with Crippen molar-refractivity contribution in [2.75, 3.05) is 13.2 Å². The maximum atomic E-state index is 12.9. The van der Waals surface area contributed by atoms with Crippen LogP contribution in [0.3, 0.4) is 0 Å². The summed E-state index contributed by atoms with van der Waals surface area (Å²) in [6.07, 6.45) is 0.129. The van der Waals surface area contributed by atoms with E-state index in [0.717, 1.165) is 0 Å². The number of epoxide rings is 1. The van der Waals surface area contributed by atoms with Crippen molar-refractivity contribution in [1.82, 2.24) is 0 Å². The molecule has 0 bridgehead atoms. The van der Waals surface area contributed by atoms with Gasteiger partial charge in [-0.3, -0.25) is 0 Å². The molecule has 1 heterocycles. The van der Waals surface area contributed by atoms with Gasteiger partial charge in [-0.2, -0.15) is 5.26 Å². The van der Waals surface area contributed by atoms with E-state index in [-0.39, 0.29) is 11.7 Å². The summed E-state index contributed by atoms with van der Waals surface area (Å²) in [4.78, 5) is 0. The van der Waals surface area contributed by atoms with E-state index in [1.165, 1.54) is 18.2 Å². The number of hydrogen-bond donors (Lipinski definition) is 0. The minimum Gasteiger partial charge on any atom is -0.491 e. The molecule has 4 heteroatoms. The lowest BCUT2D eigenvalue weighted by atomic mass is 10.2. The Hall–Kier alpha value is -1.60. The van der Waals surface area contributed by atoms with Crippen LogP contribution < -0.4 is 4.74 Å². The first-order chi connectivity index (χ1) is 6.78. The molecule has 1 aromatic carbocycles. The molecule has 0 aliphatic carbocycles.